The lowest BCUT2D eigenvalue weighted by Crippen LogP contribution is -2.29. The highest BCUT2D eigenvalue weighted by Crippen LogP contribution is 2.42. The second kappa shape index (κ2) is 8.51. The molecule has 0 unspecified atom stereocenters. The van der Waals surface area contributed by atoms with Gasteiger partial charge in [0.2, 0.25) is 0 Å². The van der Waals surface area contributed by atoms with Gasteiger partial charge in [0.25, 0.3) is 11.7 Å². The standard InChI is InChI=1S/C26H21NO5/c1-16(28)17-8-12-20(13-9-17)27-23(18-10-14-21(32-2)15-11-18)22(25(30)26(27)31)24(29)19-6-4-3-5-7-19/h3-15,23,29H,1-2H3/b24-22-/t23-/m1/s1. The maximum absolute atomic E-state index is 13.1. The number of hydrogen-bond donors (Lipinski definition) is 1. The summed E-state index contributed by atoms with van der Waals surface area (Å²) in [4.78, 5) is 39.2. The Labute approximate surface area is 185 Å². The second-order valence-electron chi connectivity index (χ2n) is 7.41. The molecule has 1 fully saturated rings. The molecule has 4 rings (SSSR count). The van der Waals surface area contributed by atoms with Crippen molar-refractivity contribution in [1.82, 2.24) is 0 Å². The molecule has 0 saturated carbocycles. The lowest BCUT2D eigenvalue weighted by molar-refractivity contribution is -0.132. The first-order chi connectivity index (χ1) is 15.4. The van der Waals surface area contributed by atoms with Crippen molar-refractivity contribution in [2.45, 2.75) is 13.0 Å². The van der Waals surface area contributed by atoms with E-state index >= 15 is 0 Å². The molecule has 1 N–H and O–H groups in total. The van der Waals surface area contributed by atoms with Gasteiger partial charge >= 0.3 is 0 Å². The number of anilines is 1. The molecule has 1 atom stereocenters. The fraction of sp³-hybridized carbons (Fsp3) is 0.115. The molecule has 0 aliphatic carbocycles. The predicted octanol–water partition coefficient (Wildman–Crippen LogP) is 4.52. The van der Waals surface area contributed by atoms with Crippen LogP contribution in [0.3, 0.4) is 0 Å². The molecule has 1 aliphatic heterocycles. The lowest BCUT2D eigenvalue weighted by atomic mass is 9.95. The van der Waals surface area contributed by atoms with E-state index in [2.05, 4.69) is 0 Å². The molecule has 6 nitrogen and oxygen atoms in total. The van der Waals surface area contributed by atoms with Crippen LogP contribution < -0.4 is 9.64 Å². The van der Waals surface area contributed by atoms with E-state index in [-0.39, 0.29) is 17.1 Å². The van der Waals surface area contributed by atoms with Crippen LogP contribution >= 0.6 is 0 Å². The third-order valence-corrected chi connectivity index (χ3v) is 5.48. The van der Waals surface area contributed by atoms with Gasteiger partial charge in [-0.3, -0.25) is 19.3 Å². The molecule has 1 heterocycles. The van der Waals surface area contributed by atoms with Crippen LogP contribution in [0.15, 0.2) is 84.4 Å². The molecule has 1 aliphatic rings. The number of nitrogens with zero attached hydrogens (tertiary/aromatic N) is 1. The van der Waals surface area contributed by atoms with E-state index in [1.807, 2.05) is 0 Å². The normalized spacial score (nSPS) is 17.4. The van der Waals surface area contributed by atoms with Crippen molar-refractivity contribution in [1.29, 1.82) is 0 Å². The number of benzene rings is 3. The van der Waals surface area contributed by atoms with Crippen molar-refractivity contribution < 1.29 is 24.2 Å². The summed E-state index contributed by atoms with van der Waals surface area (Å²) < 4.78 is 5.22. The van der Waals surface area contributed by atoms with E-state index in [9.17, 15) is 19.5 Å². The van der Waals surface area contributed by atoms with Crippen molar-refractivity contribution in [3.05, 3.63) is 101 Å². The van der Waals surface area contributed by atoms with Gasteiger partial charge in [-0.15, -0.1) is 0 Å². The van der Waals surface area contributed by atoms with Gasteiger partial charge in [0.05, 0.1) is 18.7 Å². The van der Waals surface area contributed by atoms with E-state index in [1.165, 1.54) is 11.8 Å². The number of hydrogen-bond acceptors (Lipinski definition) is 5. The molecule has 0 spiro atoms. The first kappa shape index (κ1) is 21.1. The number of Topliss-reactive ketones (excluding diaryl/α,β-unsaturated/α-hetero) is 2. The molecule has 6 heteroatoms. The number of methoxy groups -OCH3 is 1. The topological polar surface area (TPSA) is 83.9 Å². The fourth-order valence-electron chi connectivity index (χ4n) is 3.81. The highest BCUT2D eigenvalue weighted by atomic mass is 16.5. The summed E-state index contributed by atoms with van der Waals surface area (Å²) in [5.41, 5.74) is 2.02. The second-order valence-corrected chi connectivity index (χ2v) is 7.41. The number of ketones is 2. The van der Waals surface area contributed by atoms with Crippen LogP contribution in [0.25, 0.3) is 5.76 Å². The van der Waals surface area contributed by atoms with E-state index in [0.717, 1.165) is 0 Å². The Balaban J connectivity index is 1.90. The number of rotatable bonds is 5. The van der Waals surface area contributed by atoms with Gasteiger partial charge in [-0.05, 0) is 48.9 Å². The molecule has 3 aromatic carbocycles. The average Bonchev–Trinajstić information content (AvgIpc) is 3.09. The van der Waals surface area contributed by atoms with Gasteiger partial charge in [-0.2, -0.15) is 0 Å². The number of aliphatic hydroxyl groups excluding tert-OH is 1. The zero-order valence-corrected chi connectivity index (χ0v) is 17.6. The minimum Gasteiger partial charge on any atom is -0.507 e. The Bertz CT molecular complexity index is 1210. The minimum absolute atomic E-state index is 0.00186. The summed E-state index contributed by atoms with van der Waals surface area (Å²) >= 11 is 0. The average molecular weight is 427 g/mol. The number of carbonyl (C=O) groups is 3. The van der Waals surface area contributed by atoms with Crippen LogP contribution in [0.2, 0.25) is 0 Å². The van der Waals surface area contributed by atoms with Crippen LogP contribution in [0.5, 0.6) is 5.75 Å². The molecule has 160 valence electrons. The molecule has 0 radical (unpaired) electrons. The predicted molar refractivity (Wildman–Crippen MR) is 121 cm³/mol. The lowest BCUT2D eigenvalue weighted by Gasteiger charge is -2.25. The Morgan fingerprint density at radius 1 is 0.875 bits per heavy atom. The summed E-state index contributed by atoms with van der Waals surface area (Å²) in [6, 6.07) is 21.2. The van der Waals surface area contributed by atoms with Crippen molar-refractivity contribution in [2.24, 2.45) is 0 Å². The van der Waals surface area contributed by atoms with Gasteiger partial charge in [0, 0.05) is 16.8 Å². The number of amides is 1. The van der Waals surface area contributed by atoms with E-state index in [1.54, 1.807) is 86.0 Å². The zero-order chi connectivity index (χ0) is 22.8. The Hall–Kier alpha value is -4.19. The summed E-state index contributed by atoms with van der Waals surface area (Å²) in [5.74, 6) is -1.25. The summed E-state index contributed by atoms with van der Waals surface area (Å²) in [6.45, 7) is 1.46. The molecule has 0 aromatic heterocycles. The summed E-state index contributed by atoms with van der Waals surface area (Å²) in [6.07, 6.45) is 0. The van der Waals surface area contributed by atoms with Gasteiger partial charge in [-0.25, -0.2) is 0 Å². The van der Waals surface area contributed by atoms with E-state index < -0.39 is 17.7 Å². The number of carbonyl (C=O) groups excluding carboxylic acids is 3. The summed E-state index contributed by atoms with van der Waals surface area (Å²) in [5, 5.41) is 11.0. The molecular weight excluding hydrogens is 406 g/mol. The quantitative estimate of drug-likeness (QED) is 0.280. The largest absolute Gasteiger partial charge is 0.507 e. The highest BCUT2D eigenvalue weighted by molar-refractivity contribution is 6.51. The Morgan fingerprint density at radius 3 is 2.06 bits per heavy atom. The monoisotopic (exact) mass is 427 g/mol. The van der Waals surface area contributed by atoms with Crippen LogP contribution in [0.1, 0.15) is 34.5 Å². The highest BCUT2D eigenvalue weighted by Gasteiger charge is 2.46. The van der Waals surface area contributed by atoms with Crippen molar-refractivity contribution in [2.75, 3.05) is 12.0 Å². The van der Waals surface area contributed by atoms with Gasteiger partial charge < -0.3 is 9.84 Å². The first-order valence-corrected chi connectivity index (χ1v) is 10.0. The van der Waals surface area contributed by atoms with Crippen molar-refractivity contribution >= 4 is 28.9 Å². The number of ether oxygens (including phenoxy) is 1. The van der Waals surface area contributed by atoms with Gasteiger partial charge in [0.15, 0.2) is 5.78 Å². The van der Waals surface area contributed by atoms with Crippen LogP contribution in [0, 0.1) is 0 Å². The molecule has 0 bridgehead atoms. The Morgan fingerprint density at radius 2 is 1.50 bits per heavy atom. The number of aliphatic hydroxyl groups is 1. The third-order valence-electron chi connectivity index (χ3n) is 5.48. The Kier molecular flexibility index (Phi) is 5.60. The van der Waals surface area contributed by atoms with E-state index in [0.29, 0.717) is 28.1 Å². The van der Waals surface area contributed by atoms with Gasteiger partial charge in [-0.1, -0.05) is 42.5 Å². The minimum atomic E-state index is -0.843. The SMILES string of the molecule is COc1ccc([C@@H]2/C(=C(/O)c3ccccc3)C(=O)C(=O)N2c2ccc(C(C)=O)cc2)cc1. The molecule has 1 saturated heterocycles. The maximum atomic E-state index is 13.1. The first-order valence-electron chi connectivity index (χ1n) is 10.0. The van der Waals surface area contributed by atoms with Crippen LogP contribution in [-0.4, -0.2) is 29.7 Å². The van der Waals surface area contributed by atoms with Gasteiger partial charge in [0.1, 0.15) is 11.5 Å². The van der Waals surface area contributed by atoms with Crippen molar-refractivity contribution in [3.8, 4) is 5.75 Å². The van der Waals surface area contributed by atoms with E-state index in [4.69, 9.17) is 4.74 Å². The fourth-order valence-corrected chi connectivity index (χ4v) is 3.81. The van der Waals surface area contributed by atoms with Crippen molar-refractivity contribution in [3.63, 3.8) is 0 Å². The van der Waals surface area contributed by atoms with Crippen LogP contribution in [0.4, 0.5) is 5.69 Å². The zero-order valence-electron chi connectivity index (χ0n) is 17.6. The van der Waals surface area contributed by atoms with Crippen LogP contribution in [-0.2, 0) is 9.59 Å². The molecule has 1 amide bonds. The molecule has 32 heavy (non-hydrogen) atoms. The molecular formula is C26H21NO5. The maximum Gasteiger partial charge on any atom is 0.300 e. The third kappa shape index (κ3) is 3.67. The smallest absolute Gasteiger partial charge is 0.300 e. The summed E-state index contributed by atoms with van der Waals surface area (Å²) in [7, 11) is 1.55. The molecule has 3 aromatic rings.